The van der Waals surface area contributed by atoms with Gasteiger partial charge in [-0.05, 0) is 167 Å². The number of carbonyl (C=O) groups is 3. The fraction of sp³-hybridized carbons (Fsp3) is 0.294. The molecular weight excluding hydrogens is 1550 g/mol. The summed E-state index contributed by atoms with van der Waals surface area (Å²) in [5, 5.41) is 22.8. The van der Waals surface area contributed by atoms with E-state index >= 15 is 0 Å². The van der Waals surface area contributed by atoms with Crippen molar-refractivity contribution in [2.45, 2.75) is 108 Å². The Kier molecular flexibility index (Phi) is 22.7. The average molecular weight is 1610 g/mol. The maximum absolute atomic E-state index is 14.4. The number of aromatic carboxylic acids is 1. The van der Waals surface area contributed by atoms with Gasteiger partial charge in [0.1, 0.15) is 23.7 Å². The number of aryl methyl sites for hydroxylation is 6. The van der Waals surface area contributed by atoms with E-state index in [4.69, 9.17) is 88.9 Å². The summed E-state index contributed by atoms with van der Waals surface area (Å²) in [6.45, 7) is 7.58. The molecule has 4 N–H and O–H groups in total. The van der Waals surface area contributed by atoms with Crippen LogP contribution in [0.15, 0.2) is 125 Å². The van der Waals surface area contributed by atoms with E-state index in [0.29, 0.717) is 50.5 Å². The van der Waals surface area contributed by atoms with Crippen LogP contribution in [0.2, 0.25) is 30.1 Å². The van der Waals surface area contributed by atoms with E-state index in [1.165, 1.54) is 78.2 Å². The maximum Gasteiger partial charge on any atom is 0.435 e. The second kappa shape index (κ2) is 29.6. The van der Waals surface area contributed by atoms with Gasteiger partial charge in [-0.25, -0.2) is 9.59 Å². The van der Waals surface area contributed by atoms with Gasteiger partial charge in [-0.3, -0.25) is 4.79 Å². The van der Waals surface area contributed by atoms with Gasteiger partial charge in [0.2, 0.25) is 0 Å². The fourth-order valence-corrected chi connectivity index (χ4v) is 13.9. The summed E-state index contributed by atoms with van der Waals surface area (Å²) in [5.74, 6) is -2.67. The SMILES string of the molecule is COC(=O)c1ccc(C2=NOC(c3cc(Cl)cc(Cl)c3)(C(F)(F)F)C2)n2c(C)cc(C)c12.Cc1cc(C)n2c(C3=NOC(c4cc(Cl)cc(Cl)c4)(C(F)(F)F)C3)ccc(C(=O)NCC(F)(F)F)c12.Cc1cc(C)n2c(C3=NOC(c4cc(Cl)cc(Cl)c4)(C(F)(F)F)C3)ccc(C(=O)O)c12.NCC(F)(F)F. The monoisotopic (exact) mass is 1600 g/mol. The van der Waals surface area contributed by atoms with E-state index in [0.717, 1.165) is 35.5 Å². The number of carboxylic acids is 1. The first-order chi connectivity index (χ1) is 48.6. The van der Waals surface area contributed by atoms with Crippen molar-refractivity contribution in [1.82, 2.24) is 18.5 Å². The molecule has 0 saturated heterocycles. The minimum Gasteiger partial charge on any atom is -0.478 e. The second-order valence-electron chi connectivity index (χ2n) is 24.1. The number of carbonyl (C=O) groups excluding carboxylic acids is 2. The van der Waals surface area contributed by atoms with E-state index in [-0.39, 0.29) is 86.3 Å². The Bertz CT molecular complexity index is 4990. The minimum atomic E-state index is -4.91. The molecule has 0 bridgehead atoms. The predicted molar refractivity (Wildman–Crippen MR) is 362 cm³/mol. The number of amides is 1. The van der Waals surface area contributed by atoms with Crippen LogP contribution in [0.25, 0.3) is 16.6 Å². The van der Waals surface area contributed by atoms with Crippen LogP contribution < -0.4 is 11.1 Å². The smallest absolute Gasteiger partial charge is 0.435 e. The van der Waals surface area contributed by atoms with Gasteiger partial charge in [-0.15, -0.1) is 0 Å². The number of aromatic nitrogens is 3. The van der Waals surface area contributed by atoms with Gasteiger partial charge in [0, 0.05) is 63.9 Å². The summed E-state index contributed by atoms with van der Waals surface area (Å²) in [7, 11) is 1.26. The van der Waals surface area contributed by atoms with Crippen LogP contribution in [0, 0.1) is 41.5 Å². The molecule has 37 heteroatoms. The summed E-state index contributed by atoms with van der Waals surface area (Å²) in [6, 6.07) is 24.4. The zero-order valence-corrected chi connectivity index (χ0v) is 59.5. The number of nitrogens with one attached hydrogen (secondary N) is 1. The Balaban J connectivity index is 0.000000176. The number of fused-ring (bicyclic) bond motifs is 3. The highest BCUT2D eigenvalue weighted by Crippen LogP contribution is 2.53. The molecule has 0 spiro atoms. The van der Waals surface area contributed by atoms with E-state index in [9.17, 15) is 85.3 Å². The van der Waals surface area contributed by atoms with Gasteiger partial charge in [-0.1, -0.05) is 85.1 Å². The van der Waals surface area contributed by atoms with E-state index in [2.05, 4.69) is 21.2 Å². The first-order valence-corrected chi connectivity index (χ1v) is 32.5. The molecule has 3 aromatic carbocycles. The summed E-state index contributed by atoms with van der Waals surface area (Å²) in [5.41, 5.74) is 1.11. The average Bonchev–Trinajstić information content (AvgIpc) is 1.61. The lowest BCUT2D eigenvalue weighted by Gasteiger charge is -2.29. The van der Waals surface area contributed by atoms with Crippen LogP contribution in [0.4, 0.5) is 65.9 Å². The van der Waals surface area contributed by atoms with Crippen LogP contribution in [0.3, 0.4) is 0 Å². The topological polar surface area (TPSA) is 197 Å². The Morgan fingerprint density at radius 2 is 0.743 bits per heavy atom. The number of hydrogen-bond acceptors (Lipinski definition) is 11. The van der Waals surface area contributed by atoms with Crippen molar-refractivity contribution in [3.05, 3.63) is 224 Å². The molecule has 12 rings (SSSR count). The third kappa shape index (κ3) is 16.1. The normalized spacial score (nSPS) is 18.2. The van der Waals surface area contributed by atoms with Crippen molar-refractivity contribution in [2.75, 3.05) is 20.2 Å². The molecule has 105 heavy (non-hydrogen) atoms. The highest BCUT2D eigenvalue weighted by atomic mass is 35.5. The maximum atomic E-state index is 14.4. The van der Waals surface area contributed by atoms with Gasteiger partial charge in [0.05, 0.1) is 83.2 Å². The number of nitrogens with two attached hydrogens (primary N) is 1. The lowest BCUT2D eigenvalue weighted by molar-refractivity contribution is -0.276. The highest BCUT2D eigenvalue weighted by molar-refractivity contribution is 6.36. The lowest BCUT2D eigenvalue weighted by atomic mass is 9.87. The quantitative estimate of drug-likeness (QED) is 0.0881. The molecule has 3 aliphatic rings. The zero-order chi connectivity index (χ0) is 78.0. The highest BCUT2D eigenvalue weighted by Gasteiger charge is 2.65. The van der Waals surface area contributed by atoms with Gasteiger partial charge in [-0.2, -0.15) is 65.9 Å². The number of carboxylic acid groups (broad SMARTS) is 1. The summed E-state index contributed by atoms with van der Waals surface area (Å²) in [6.07, 6.45) is -25.3. The molecule has 9 aromatic rings. The number of ether oxygens (including phenoxy) is 1. The molecule has 9 heterocycles. The number of oxime groups is 3. The standard InChI is InChI=1S/C23H17Cl2F6N3O2.C22H17Cl2F3N2O3.C21H15Cl2F3N2O3.C2H4F3N/c1-11-5-12(2)34-18(4-3-16(19(11)34)20(35)32-10-22(26,27)28)17-9-21(36-33-17,23(29,30)31)13-6-14(24)8-15(25)7-13;1-11-6-12(2)29-18(5-4-16(19(11)29)20(30)31-3)17-10-21(32-28-17,22(25,26)27)13-7-14(23)9-15(24)8-13;1-10-5-11(2)28-17(4-3-15(18(10)28)19(29)30)16-9-20(31-27-16,21(24,25)26)12-6-13(22)8-14(23)7-12;3-2(4,5)1-6/h3-8H,9-10H2,1-2H3,(H,32,35);4-9H,10H2,1-3H3;3-8H,9H2,1-2H3,(H,29,30);1,6H2. The largest absolute Gasteiger partial charge is 0.478 e. The summed E-state index contributed by atoms with van der Waals surface area (Å²) < 4.78 is 208. The number of nitrogens with zero attached hydrogens (tertiary/aromatic N) is 6. The van der Waals surface area contributed by atoms with Crippen LogP contribution in [-0.2, 0) is 36.1 Å². The molecule has 0 saturated carbocycles. The van der Waals surface area contributed by atoms with Crippen LogP contribution in [0.5, 0.6) is 0 Å². The van der Waals surface area contributed by atoms with Crippen molar-refractivity contribution in [3.8, 4) is 0 Å². The van der Waals surface area contributed by atoms with Gasteiger partial charge >= 0.3 is 42.8 Å². The first kappa shape index (κ1) is 80.5. The molecule has 0 fully saturated rings. The molecular formula is C68H53Cl6F15N8O8. The number of methoxy groups -OCH3 is 1. The molecule has 3 unspecified atom stereocenters. The van der Waals surface area contributed by atoms with Crippen molar-refractivity contribution in [1.29, 1.82) is 0 Å². The molecule has 3 aliphatic heterocycles. The molecule has 3 atom stereocenters. The molecule has 0 radical (unpaired) electrons. The number of alkyl halides is 15. The lowest BCUT2D eigenvalue weighted by Crippen LogP contribution is -2.42. The summed E-state index contributed by atoms with van der Waals surface area (Å²) in [4.78, 5) is 51.6. The summed E-state index contributed by atoms with van der Waals surface area (Å²) >= 11 is 35.7. The Labute approximate surface area is 614 Å². The molecule has 16 nitrogen and oxygen atoms in total. The Hall–Kier alpha value is -8.59. The van der Waals surface area contributed by atoms with Crippen molar-refractivity contribution in [2.24, 2.45) is 21.2 Å². The third-order valence-electron chi connectivity index (χ3n) is 16.8. The third-order valence-corrected chi connectivity index (χ3v) is 18.1. The van der Waals surface area contributed by atoms with Crippen molar-refractivity contribution in [3.63, 3.8) is 0 Å². The molecule has 0 aliphatic carbocycles. The fourth-order valence-electron chi connectivity index (χ4n) is 12.3. The van der Waals surface area contributed by atoms with Crippen molar-refractivity contribution >= 4 is 121 Å². The predicted octanol–water partition coefficient (Wildman–Crippen LogP) is 19.6. The Morgan fingerprint density at radius 1 is 0.467 bits per heavy atom. The number of esters is 1. The van der Waals surface area contributed by atoms with Gasteiger partial charge < -0.3 is 48.6 Å². The zero-order valence-electron chi connectivity index (χ0n) is 54.9. The number of hydrogen-bond donors (Lipinski definition) is 3. The number of rotatable bonds is 10. The van der Waals surface area contributed by atoms with Crippen LogP contribution in [-0.4, -0.2) is 104 Å². The first-order valence-electron chi connectivity index (χ1n) is 30.3. The van der Waals surface area contributed by atoms with E-state index in [1.807, 2.05) is 11.4 Å². The number of pyridine rings is 3. The van der Waals surface area contributed by atoms with Gasteiger partial charge in [0.15, 0.2) is 0 Å². The van der Waals surface area contributed by atoms with E-state index < -0.39 is 97.9 Å². The van der Waals surface area contributed by atoms with Crippen LogP contribution >= 0.6 is 69.6 Å². The molecule has 6 aromatic heterocycles. The number of benzene rings is 3. The van der Waals surface area contributed by atoms with Gasteiger partial charge in [0.25, 0.3) is 22.7 Å². The van der Waals surface area contributed by atoms with Crippen molar-refractivity contribution < 1.29 is 105 Å². The second-order valence-corrected chi connectivity index (χ2v) is 26.8. The minimum absolute atomic E-state index is 0.0216. The number of halogens is 21. The molecule has 560 valence electrons. The Morgan fingerprint density at radius 3 is 1.01 bits per heavy atom. The van der Waals surface area contributed by atoms with Crippen LogP contribution in [0.1, 0.15) is 118 Å². The van der Waals surface area contributed by atoms with E-state index in [1.54, 1.807) is 62.5 Å². The molecule has 1 amide bonds.